The van der Waals surface area contributed by atoms with Crippen LogP contribution in [0.15, 0.2) is 67.1 Å². The number of aromatic amines is 1. The SMILES string of the molecule is CN(C)C/C=C/C(=O)Nc1ccc(CN[C@@]2(C)CCC[C@@H](Nc3ncc(C(F)(F)F)c(-c4c[nH]c5ccccc45)n3)C2)nc1. The van der Waals surface area contributed by atoms with Crippen LogP contribution in [0.2, 0.25) is 0 Å². The molecule has 1 aliphatic carbocycles. The molecular weight excluding hydrogens is 569 g/mol. The summed E-state index contributed by atoms with van der Waals surface area (Å²) >= 11 is 0. The molecule has 9 nitrogen and oxygen atoms in total. The molecule has 5 rings (SSSR count). The van der Waals surface area contributed by atoms with Gasteiger partial charge in [-0.25, -0.2) is 9.97 Å². The van der Waals surface area contributed by atoms with Gasteiger partial charge in [0.15, 0.2) is 0 Å². The summed E-state index contributed by atoms with van der Waals surface area (Å²) in [6, 6.07) is 10.9. The molecule has 1 fully saturated rings. The second-order valence-electron chi connectivity index (χ2n) is 11.7. The molecule has 0 saturated heterocycles. The largest absolute Gasteiger partial charge is 0.419 e. The number of pyridine rings is 1. The van der Waals surface area contributed by atoms with Crippen molar-refractivity contribution < 1.29 is 18.0 Å². The van der Waals surface area contributed by atoms with Crippen molar-refractivity contribution in [2.24, 2.45) is 0 Å². The molecule has 0 bridgehead atoms. The fraction of sp³-hybridized carbons (Fsp3) is 0.375. The molecule has 1 amide bonds. The number of anilines is 2. The lowest BCUT2D eigenvalue weighted by Gasteiger charge is -2.39. The lowest BCUT2D eigenvalue weighted by molar-refractivity contribution is -0.137. The molecule has 0 unspecified atom stereocenters. The molecule has 0 radical (unpaired) electrons. The standard InChI is InChI=1S/C32H37F3N8O/c1-31(39-18-22-12-13-23(17-36-22)40-28(44)11-7-15-43(2)3)14-6-8-21(16-31)41-30-38-20-26(32(33,34)35)29(42-30)25-19-37-27-10-5-4-9-24(25)27/h4-5,7,9-13,17,19-21,37,39H,6,8,14-16,18H2,1-3H3,(H,40,44)(H,38,41,42)/b11-7+/t21-,31+/m1/s1. The number of likely N-dealkylation sites (N-methyl/N-ethyl adjacent to an activating group) is 1. The zero-order valence-corrected chi connectivity index (χ0v) is 25.0. The minimum Gasteiger partial charge on any atom is -0.360 e. The van der Waals surface area contributed by atoms with E-state index >= 15 is 0 Å². The minimum absolute atomic E-state index is 0.0279. The van der Waals surface area contributed by atoms with Crippen molar-refractivity contribution >= 4 is 28.4 Å². The number of carbonyl (C=O) groups excluding carboxylic acids is 1. The highest BCUT2D eigenvalue weighted by atomic mass is 19.4. The number of carbonyl (C=O) groups is 1. The van der Waals surface area contributed by atoms with Crippen molar-refractivity contribution in [3.63, 3.8) is 0 Å². The molecule has 3 heterocycles. The zero-order valence-electron chi connectivity index (χ0n) is 25.0. The number of aromatic nitrogens is 4. The third-order valence-electron chi connectivity index (χ3n) is 7.78. The molecule has 2 atom stereocenters. The monoisotopic (exact) mass is 606 g/mol. The van der Waals surface area contributed by atoms with Crippen LogP contribution in [0, 0.1) is 0 Å². The first-order chi connectivity index (χ1) is 21.0. The summed E-state index contributed by atoms with van der Waals surface area (Å²) in [6.07, 6.45) is 6.20. The molecular formula is C32H37F3N8O. The van der Waals surface area contributed by atoms with E-state index in [1.165, 1.54) is 6.08 Å². The van der Waals surface area contributed by atoms with Crippen LogP contribution in [-0.4, -0.2) is 63.0 Å². The molecule has 3 aromatic heterocycles. The van der Waals surface area contributed by atoms with Crippen molar-refractivity contribution in [1.82, 2.24) is 30.2 Å². The highest BCUT2D eigenvalue weighted by molar-refractivity contribution is 5.99. The smallest absolute Gasteiger partial charge is 0.360 e. The van der Waals surface area contributed by atoms with E-state index in [1.807, 2.05) is 43.3 Å². The normalized spacial score (nSPS) is 19.1. The Labute approximate surface area is 254 Å². The van der Waals surface area contributed by atoms with Gasteiger partial charge in [-0.2, -0.15) is 13.2 Å². The number of nitrogens with zero attached hydrogens (tertiary/aromatic N) is 4. The van der Waals surface area contributed by atoms with Gasteiger partial charge in [0.25, 0.3) is 0 Å². The van der Waals surface area contributed by atoms with Crippen LogP contribution in [0.1, 0.15) is 43.9 Å². The van der Waals surface area contributed by atoms with Crippen LogP contribution in [0.3, 0.4) is 0 Å². The van der Waals surface area contributed by atoms with Gasteiger partial charge in [0.2, 0.25) is 11.9 Å². The maximum Gasteiger partial charge on any atom is 0.419 e. The average molecular weight is 607 g/mol. The lowest BCUT2D eigenvalue weighted by atomic mass is 9.80. The summed E-state index contributed by atoms with van der Waals surface area (Å²) < 4.78 is 41.9. The summed E-state index contributed by atoms with van der Waals surface area (Å²) in [5.74, 6) is -0.0400. The summed E-state index contributed by atoms with van der Waals surface area (Å²) in [5.41, 5.74) is 1.31. The molecule has 12 heteroatoms. The van der Waals surface area contributed by atoms with Gasteiger partial charge >= 0.3 is 6.18 Å². The first-order valence-electron chi connectivity index (χ1n) is 14.6. The number of amides is 1. The number of alkyl halides is 3. The minimum atomic E-state index is -4.60. The Bertz CT molecular complexity index is 1620. The second-order valence-corrected chi connectivity index (χ2v) is 11.7. The van der Waals surface area contributed by atoms with Crippen molar-refractivity contribution in [2.75, 3.05) is 31.3 Å². The number of para-hydroxylation sites is 1. The number of rotatable bonds is 10. The quantitative estimate of drug-likeness (QED) is 0.164. The van der Waals surface area contributed by atoms with E-state index in [-0.39, 0.29) is 29.1 Å². The Morgan fingerprint density at radius 3 is 2.73 bits per heavy atom. The maximum atomic E-state index is 14.0. The van der Waals surface area contributed by atoms with Crippen LogP contribution in [0.5, 0.6) is 0 Å². The highest BCUT2D eigenvalue weighted by Gasteiger charge is 2.37. The van der Waals surface area contributed by atoms with Crippen LogP contribution in [-0.2, 0) is 17.5 Å². The summed E-state index contributed by atoms with van der Waals surface area (Å²) in [7, 11) is 3.86. The molecule has 0 spiro atoms. The number of fused-ring (bicyclic) bond motifs is 1. The number of halogens is 3. The number of nitrogens with one attached hydrogen (secondary N) is 4. The average Bonchev–Trinajstić information content (AvgIpc) is 3.40. The Kier molecular flexibility index (Phi) is 9.31. The van der Waals surface area contributed by atoms with E-state index in [0.29, 0.717) is 29.7 Å². The molecule has 4 N–H and O–H groups in total. The van der Waals surface area contributed by atoms with Gasteiger partial charge in [0, 0.05) is 59.6 Å². The first-order valence-corrected chi connectivity index (χ1v) is 14.6. The topological polar surface area (TPSA) is 111 Å². The lowest BCUT2D eigenvalue weighted by Crippen LogP contribution is -2.48. The highest BCUT2D eigenvalue weighted by Crippen LogP contribution is 2.39. The molecule has 1 aromatic carbocycles. The van der Waals surface area contributed by atoms with Crippen molar-refractivity contribution in [1.29, 1.82) is 0 Å². The van der Waals surface area contributed by atoms with Crippen molar-refractivity contribution in [3.05, 3.63) is 78.4 Å². The zero-order chi connectivity index (χ0) is 31.3. The van der Waals surface area contributed by atoms with Gasteiger partial charge in [-0.3, -0.25) is 9.78 Å². The molecule has 44 heavy (non-hydrogen) atoms. The maximum absolute atomic E-state index is 14.0. The van der Waals surface area contributed by atoms with E-state index < -0.39 is 11.7 Å². The van der Waals surface area contributed by atoms with Crippen molar-refractivity contribution in [3.8, 4) is 11.3 Å². The van der Waals surface area contributed by atoms with E-state index in [2.05, 4.69) is 42.8 Å². The van der Waals surface area contributed by atoms with E-state index in [4.69, 9.17) is 0 Å². The van der Waals surface area contributed by atoms with Crippen LogP contribution < -0.4 is 16.0 Å². The van der Waals surface area contributed by atoms with E-state index in [0.717, 1.165) is 43.1 Å². The van der Waals surface area contributed by atoms with Gasteiger partial charge in [0.1, 0.15) is 5.56 Å². The van der Waals surface area contributed by atoms with Gasteiger partial charge in [-0.15, -0.1) is 0 Å². The van der Waals surface area contributed by atoms with Gasteiger partial charge in [-0.1, -0.05) is 24.3 Å². The van der Waals surface area contributed by atoms with Gasteiger partial charge < -0.3 is 25.8 Å². The molecule has 1 saturated carbocycles. The van der Waals surface area contributed by atoms with E-state index in [1.54, 1.807) is 30.6 Å². The number of H-pyrrole nitrogens is 1. The van der Waals surface area contributed by atoms with E-state index in [9.17, 15) is 18.0 Å². The third-order valence-corrected chi connectivity index (χ3v) is 7.78. The van der Waals surface area contributed by atoms with Crippen LogP contribution in [0.4, 0.5) is 24.8 Å². The van der Waals surface area contributed by atoms with Crippen LogP contribution >= 0.6 is 0 Å². The molecule has 232 valence electrons. The Morgan fingerprint density at radius 2 is 1.98 bits per heavy atom. The summed E-state index contributed by atoms with van der Waals surface area (Å²) in [5, 5.41) is 10.4. The summed E-state index contributed by atoms with van der Waals surface area (Å²) in [4.78, 5) is 30.0. The predicted molar refractivity (Wildman–Crippen MR) is 166 cm³/mol. The summed E-state index contributed by atoms with van der Waals surface area (Å²) in [6.45, 7) is 3.34. The fourth-order valence-corrected chi connectivity index (χ4v) is 5.55. The molecule has 4 aromatic rings. The fourth-order valence-electron chi connectivity index (χ4n) is 5.55. The molecule has 0 aliphatic heterocycles. The van der Waals surface area contributed by atoms with Gasteiger partial charge in [-0.05, 0) is 64.9 Å². The predicted octanol–water partition coefficient (Wildman–Crippen LogP) is 6.00. The number of hydrogen-bond donors (Lipinski definition) is 4. The second kappa shape index (κ2) is 13.1. The third kappa shape index (κ3) is 7.80. The van der Waals surface area contributed by atoms with Crippen molar-refractivity contribution in [2.45, 2.75) is 56.9 Å². The number of benzene rings is 1. The molecule has 1 aliphatic rings. The Morgan fingerprint density at radius 1 is 1.16 bits per heavy atom. The van der Waals surface area contributed by atoms with Crippen LogP contribution in [0.25, 0.3) is 22.2 Å². The number of hydrogen-bond acceptors (Lipinski definition) is 7. The Hall–Kier alpha value is -4.29. The first kappa shape index (κ1) is 31.1. The van der Waals surface area contributed by atoms with Gasteiger partial charge in [0.05, 0.1) is 23.3 Å². The Balaban J connectivity index is 1.22.